The molecule has 0 spiro atoms. The number of para-hydroxylation sites is 1. The van der Waals surface area contributed by atoms with Gasteiger partial charge in [-0.05, 0) is 41.0 Å². The van der Waals surface area contributed by atoms with Crippen molar-refractivity contribution in [2.75, 3.05) is 6.61 Å². The van der Waals surface area contributed by atoms with Gasteiger partial charge >= 0.3 is 37.6 Å². The molecule has 0 atom stereocenters. The molecule has 0 aliphatic heterocycles. The largest absolute Gasteiger partial charge is 0.273 e. The number of ether oxygens (including phenoxy) is 1. The molecule has 0 heterocycles. The Morgan fingerprint density at radius 1 is 1.03 bits per heavy atom. The fourth-order valence-electron chi connectivity index (χ4n) is 2.41. The standard InChI is InChI=1S/C20H30O.C5H5.C3H6.Ti/c1-8-16(19(2,3)4)14-17(20(5,6)7)15-21-18-12-10-9-11-13-18;1-2-4-5-3-1;1-3-2;/h8-14H,15H2,1-7H3;1-3H,4H2;1-2H3;/q;-1;;+1. The Bertz CT molecular complexity index is 721. The first-order valence-electron chi connectivity index (χ1n) is 10.7. The SMILES string of the molecule is CC=C(C=C(COc1ccccc1)C(C)(C)C)C(C)(C)C.C[C](C)=[Ti+].[C-]1=CC=CC1. The zero-order valence-electron chi connectivity index (χ0n) is 20.6. The monoisotopic (exact) mass is 441 g/mol. The molecule has 1 nitrogen and oxygen atoms in total. The van der Waals surface area contributed by atoms with Gasteiger partial charge in [0.05, 0.1) is 0 Å². The zero-order chi connectivity index (χ0) is 23.2. The van der Waals surface area contributed by atoms with Crippen molar-refractivity contribution in [3.05, 3.63) is 77.9 Å². The van der Waals surface area contributed by atoms with Gasteiger partial charge in [0, 0.05) is 0 Å². The van der Waals surface area contributed by atoms with Crippen LogP contribution in [0.1, 0.15) is 68.7 Å². The van der Waals surface area contributed by atoms with Crippen LogP contribution >= 0.6 is 0 Å². The fraction of sp³-hybridized carbons (Fsp3) is 0.464. The molecule has 0 N–H and O–H groups in total. The van der Waals surface area contributed by atoms with Crippen LogP contribution in [-0.2, 0) is 20.0 Å². The predicted molar refractivity (Wildman–Crippen MR) is 131 cm³/mol. The fourth-order valence-corrected chi connectivity index (χ4v) is 2.41. The minimum absolute atomic E-state index is 0.0916. The van der Waals surface area contributed by atoms with Crippen molar-refractivity contribution in [3.63, 3.8) is 0 Å². The molecule has 0 radical (unpaired) electrons. The van der Waals surface area contributed by atoms with Crippen molar-refractivity contribution < 1.29 is 24.7 Å². The summed E-state index contributed by atoms with van der Waals surface area (Å²) in [6.07, 6.45) is 14.5. The number of hydrogen-bond donors (Lipinski definition) is 0. The van der Waals surface area contributed by atoms with E-state index in [1.54, 1.807) is 0 Å². The van der Waals surface area contributed by atoms with E-state index in [9.17, 15) is 0 Å². The average molecular weight is 442 g/mol. The van der Waals surface area contributed by atoms with E-state index >= 15 is 0 Å². The maximum absolute atomic E-state index is 5.96. The molecule has 1 aliphatic rings. The van der Waals surface area contributed by atoms with E-state index in [4.69, 9.17) is 4.74 Å². The third kappa shape index (κ3) is 14.5. The van der Waals surface area contributed by atoms with Crippen molar-refractivity contribution in [2.24, 2.45) is 10.8 Å². The van der Waals surface area contributed by atoms with Crippen LogP contribution < -0.4 is 4.74 Å². The molecular formula is C28H41OTi. The smallest absolute Gasteiger partial charge is 0.109 e. The van der Waals surface area contributed by atoms with Crippen molar-refractivity contribution in [1.29, 1.82) is 0 Å². The number of hydrogen-bond acceptors (Lipinski definition) is 1. The maximum atomic E-state index is 5.96. The third-order valence-electron chi connectivity index (χ3n) is 4.19. The summed E-state index contributed by atoms with van der Waals surface area (Å²) in [4.78, 5) is 0. The Morgan fingerprint density at radius 2 is 1.60 bits per heavy atom. The van der Waals surface area contributed by atoms with Gasteiger partial charge in [-0.1, -0.05) is 71.9 Å². The van der Waals surface area contributed by atoms with Gasteiger partial charge < -0.3 is 4.74 Å². The van der Waals surface area contributed by atoms with Crippen LogP contribution in [0.3, 0.4) is 0 Å². The van der Waals surface area contributed by atoms with E-state index in [1.165, 1.54) is 15.0 Å². The predicted octanol–water partition coefficient (Wildman–Crippen LogP) is 8.08. The van der Waals surface area contributed by atoms with Gasteiger partial charge in [-0.25, -0.2) is 12.2 Å². The first-order valence-corrected chi connectivity index (χ1v) is 11.4. The average Bonchev–Trinajstić information content (AvgIpc) is 3.20. The van der Waals surface area contributed by atoms with Crippen molar-refractivity contribution in [2.45, 2.75) is 68.7 Å². The molecule has 0 fully saturated rings. The van der Waals surface area contributed by atoms with Gasteiger partial charge in [-0.15, -0.1) is 6.42 Å². The van der Waals surface area contributed by atoms with Crippen LogP contribution in [0, 0.1) is 16.9 Å². The Labute approximate surface area is 197 Å². The van der Waals surface area contributed by atoms with Crippen molar-refractivity contribution in [1.82, 2.24) is 0 Å². The quantitative estimate of drug-likeness (QED) is 0.261. The van der Waals surface area contributed by atoms with E-state index in [1.807, 2.05) is 42.5 Å². The molecular weight excluding hydrogens is 400 g/mol. The van der Waals surface area contributed by atoms with E-state index in [0.717, 1.165) is 12.2 Å². The third-order valence-corrected chi connectivity index (χ3v) is 4.19. The van der Waals surface area contributed by atoms with Crippen LogP contribution in [0.15, 0.2) is 71.9 Å². The molecule has 163 valence electrons. The molecule has 0 saturated carbocycles. The number of allylic oxidation sites excluding steroid dienone is 7. The minimum atomic E-state index is 0.0916. The van der Waals surface area contributed by atoms with Crippen molar-refractivity contribution in [3.8, 4) is 5.75 Å². The normalized spacial score (nSPS) is 13.8. The van der Waals surface area contributed by atoms with Gasteiger partial charge in [0.25, 0.3) is 0 Å². The number of benzene rings is 1. The summed E-state index contributed by atoms with van der Waals surface area (Å²) in [6, 6.07) is 10.0. The van der Waals surface area contributed by atoms with Crippen LogP contribution in [-0.4, -0.2) is 10.4 Å². The summed E-state index contributed by atoms with van der Waals surface area (Å²) in [5.74, 6) is 0.922. The van der Waals surface area contributed by atoms with E-state index in [2.05, 4.69) is 107 Å². The number of rotatable bonds is 4. The topological polar surface area (TPSA) is 9.23 Å². The summed E-state index contributed by atoms with van der Waals surface area (Å²) < 4.78 is 7.37. The summed E-state index contributed by atoms with van der Waals surface area (Å²) in [7, 11) is 0. The molecule has 0 bridgehead atoms. The Balaban J connectivity index is 0.000000768. The van der Waals surface area contributed by atoms with E-state index in [0.29, 0.717) is 6.61 Å². The Kier molecular flexibility index (Phi) is 13.9. The molecule has 0 saturated heterocycles. The van der Waals surface area contributed by atoms with Crippen LogP contribution in [0.25, 0.3) is 0 Å². The van der Waals surface area contributed by atoms with E-state index in [-0.39, 0.29) is 10.8 Å². The van der Waals surface area contributed by atoms with Crippen LogP contribution in [0.4, 0.5) is 0 Å². The van der Waals surface area contributed by atoms with E-state index < -0.39 is 0 Å². The molecule has 0 unspecified atom stereocenters. The van der Waals surface area contributed by atoms with Gasteiger partial charge in [0.2, 0.25) is 0 Å². The van der Waals surface area contributed by atoms with Gasteiger partial charge in [0.15, 0.2) is 0 Å². The zero-order valence-corrected chi connectivity index (χ0v) is 22.2. The second kappa shape index (κ2) is 14.5. The van der Waals surface area contributed by atoms with Gasteiger partial charge in [-0.3, -0.25) is 6.08 Å². The molecule has 2 rings (SSSR count). The van der Waals surface area contributed by atoms with Crippen molar-refractivity contribution >= 4 is 3.81 Å². The Morgan fingerprint density at radius 3 is 1.93 bits per heavy atom. The van der Waals surface area contributed by atoms with Gasteiger partial charge in [0.1, 0.15) is 12.4 Å². The molecule has 1 aliphatic carbocycles. The molecule has 30 heavy (non-hydrogen) atoms. The first-order chi connectivity index (χ1) is 13.9. The molecule has 0 aromatic heterocycles. The Hall–Kier alpha value is -1.44. The second-order valence-electron chi connectivity index (χ2n) is 9.52. The minimum Gasteiger partial charge on any atom is -0.273 e. The first kappa shape index (κ1) is 28.6. The summed E-state index contributed by atoms with van der Waals surface area (Å²) in [6.45, 7) is 20.4. The maximum Gasteiger partial charge on any atom is -0.109 e. The summed E-state index contributed by atoms with van der Waals surface area (Å²) in [5, 5.41) is 0. The van der Waals surface area contributed by atoms with Gasteiger partial charge in [-0.2, -0.15) is 6.08 Å². The molecule has 2 heteroatoms. The molecule has 1 aromatic rings. The van der Waals surface area contributed by atoms with Crippen LogP contribution in [0.2, 0.25) is 0 Å². The second-order valence-corrected chi connectivity index (χ2v) is 11.1. The molecule has 0 amide bonds. The summed E-state index contributed by atoms with van der Waals surface area (Å²) in [5.41, 5.74) is 2.91. The molecule has 1 aromatic carbocycles. The van der Waals surface area contributed by atoms with Crippen LogP contribution in [0.5, 0.6) is 5.75 Å². The summed E-state index contributed by atoms with van der Waals surface area (Å²) >= 11 is 2.08.